The molecule has 30 heavy (non-hydrogen) atoms. The van der Waals surface area contributed by atoms with E-state index in [9.17, 15) is 9.59 Å². The molecule has 0 heterocycles. The highest BCUT2D eigenvalue weighted by Crippen LogP contribution is 2.35. The molecule has 2 aromatic rings. The van der Waals surface area contributed by atoms with Gasteiger partial charge in [0, 0.05) is 17.7 Å². The molecule has 3 rings (SSSR count). The van der Waals surface area contributed by atoms with E-state index in [4.69, 9.17) is 18.9 Å². The predicted octanol–water partition coefficient (Wildman–Crippen LogP) is 4.80. The number of carbonyl (C=O) groups is 2. The zero-order chi connectivity index (χ0) is 21.5. The average Bonchev–Trinajstić information content (AvgIpc) is 2.81. The summed E-state index contributed by atoms with van der Waals surface area (Å²) in [7, 11) is 4.41. The third kappa shape index (κ3) is 4.93. The molecule has 0 radical (unpaired) electrons. The van der Waals surface area contributed by atoms with Crippen LogP contribution in [0.15, 0.2) is 36.4 Å². The van der Waals surface area contributed by atoms with E-state index in [1.807, 2.05) is 24.3 Å². The first-order chi connectivity index (χ1) is 14.6. The average molecular weight is 412 g/mol. The lowest BCUT2D eigenvalue weighted by Crippen LogP contribution is -2.15. The normalized spacial score (nSPS) is 14.1. The molecule has 6 nitrogen and oxygen atoms in total. The number of methoxy groups -OCH3 is 3. The summed E-state index contributed by atoms with van der Waals surface area (Å²) in [4.78, 5) is 25.0. The monoisotopic (exact) mass is 412 g/mol. The second-order valence-electron chi connectivity index (χ2n) is 7.36. The molecule has 0 atom stereocenters. The van der Waals surface area contributed by atoms with Crippen molar-refractivity contribution in [2.75, 3.05) is 27.9 Å². The van der Waals surface area contributed by atoms with Gasteiger partial charge in [0.05, 0.1) is 21.3 Å². The van der Waals surface area contributed by atoms with Crippen LogP contribution in [0, 0.1) is 0 Å². The minimum atomic E-state index is -0.667. The van der Waals surface area contributed by atoms with Gasteiger partial charge >= 0.3 is 5.97 Å². The van der Waals surface area contributed by atoms with Gasteiger partial charge in [0.15, 0.2) is 23.9 Å². The van der Waals surface area contributed by atoms with Crippen molar-refractivity contribution in [3.05, 3.63) is 53.1 Å². The molecule has 0 spiro atoms. The van der Waals surface area contributed by atoms with Gasteiger partial charge in [0.25, 0.3) is 0 Å². The predicted molar refractivity (Wildman–Crippen MR) is 113 cm³/mol. The van der Waals surface area contributed by atoms with Crippen molar-refractivity contribution < 1.29 is 28.5 Å². The number of carbonyl (C=O) groups excluding carboxylic acids is 2. The van der Waals surface area contributed by atoms with Crippen LogP contribution in [0.1, 0.15) is 64.3 Å². The summed E-state index contributed by atoms with van der Waals surface area (Å²) in [5, 5.41) is 0. The van der Waals surface area contributed by atoms with E-state index in [1.165, 1.54) is 65.1 Å². The van der Waals surface area contributed by atoms with Crippen LogP contribution in [0.25, 0.3) is 0 Å². The smallest absolute Gasteiger partial charge is 0.342 e. The Hall–Kier alpha value is -3.02. The van der Waals surface area contributed by atoms with Crippen LogP contribution in [0.2, 0.25) is 0 Å². The Morgan fingerprint density at radius 2 is 1.43 bits per heavy atom. The first kappa shape index (κ1) is 21.7. The number of ether oxygens (including phenoxy) is 4. The lowest BCUT2D eigenvalue weighted by Gasteiger charge is -2.22. The Morgan fingerprint density at radius 1 is 0.833 bits per heavy atom. The summed E-state index contributed by atoms with van der Waals surface area (Å²) < 4.78 is 20.9. The number of rotatable bonds is 8. The minimum absolute atomic E-state index is 0.163. The first-order valence-electron chi connectivity index (χ1n) is 10.2. The van der Waals surface area contributed by atoms with Crippen LogP contribution in [-0.4, -0.2) is 39.7 Å². The van der Waals surface area contributed by atoms with Crippen LogP contribution in [-0.2, 0) is 4.74 Å². The van der Waals surface area contributed by atoms with Crippen molar-refractivity contribution in [1.29, 1.82) is 0 Å². The molecular weight excluding hydrogens is 384 g/mol. The molecule has 1 fully saturated rings. The maximum absolute atomic E-state index is 12.5. The summed E-state index contributed by atoms with van der Waals surface area (Å²) in [6.45, 7) is -0.348. The van der Waals surface area contributed by atoms with Crippen LogP contribution >= 0.6 is 0 Å². The van der Waals surface area contributed by atoms with Gasteiger partial charge in [-0.15, -0.1) is 0 Å². The number of esters is 1. The fourth-order valence-corrected chi connectivity index (χ4v) is 3.86. The molecule has 2 aromatic carbocycles. The van der Waals surface area contributed by atoms with Gasteiger partial charge < -0.3 is 18.9 Å². The number of hydrogen-bond acceptors (Lipinski definition) is 6. The van der Waals surface area contributed by atoms with Gasteiger partial charge in [-0.05, 0) is 24.3 Å². The van der Waals surface area contributed by atoms with Crippen molar-refractivity contribution in [1.82, 2.24) is 0 Å². The SMILES string of the molecule is COc1cc(OC)c(C(=O)OCC(=O)c2ccc(C3CCCCC3)cc2)cc1OC. The molecule has 160 valence electrons. The molecule has 0 saturated heterocycles. The fraction of sp³-hybridized carbons (Fsp3) is 0.417. The van der Waals surface area contributed by atoms with Gasteiger partial charge in [0.2, 0.25) is 0 Å². The molecule has 0 amide bonds. The Morgan fingerprint density at radius 3 is 2.03 bits per heavy atom. The fourth-order valence-electron chi connectivity index (χ4n) is 3.86. The van der Waals surface area contributed by atoms with Crippen molar-refractivity contribution in [3.8, 4) is 17.2 Å². The molecule has 0 bridgehead atoms. The van der Waals surface area contributed by atoms with Gasteiger partial charge in [-0.2, -0.15) is 0 Å². The molecule has 1 aliphatic rings. The molecule has 0 aromatic heterocycles. The number of hydrogen-bond donors (Lipinski definition) is 0. The second-order valence-corrected chi connectivity index (χ2v) is 7.36. The second kappa shape index (κ2) is 10.1. The molecular formula is C24H28O6. The van der Waals surface area contributed by atoms with Crippen LogP contribution in [0.5, 0.6) is 17.2 Å². The zero-order valence-electron chi connectivity index (χ0n) is 17.7. The summed E-state index contributed by atoms with van der Waals surface area (Å²) in [6, 6.07) is 10.7. The van der Waals surface area contributed by atoms with Gasteiger partial charge in [0.1, 0.15) is 11.3 Å². The van der Waals surface area contributed by atoms with E-state index < -0.39 is 5.97 Å². The largest absolute Gasteiger partial charge is 0.496 e. The summed E-state index contributed by atoms with van der Waals surface area (Å²) in [5.74, 6) is 0.744. The highest BCUT2D eigenvalue weighted by molar-refractivity contribution is 6.00. The topological polar surface area (TPSA) is 71.1 Å². The van der Waals surface area contributed by atoms with Crippen molar-refractivity contribution >= 4 is 11.8 Å². The van der Waals surface area contributed by atoms with Crippen molar-refractivity contribution in [2.45, 2.75) is 38.0 Å². The molecule has 1 aliphatic carbocycles. The molecule has 0 N–H and O–H groups in total. The van der Waals surface area contributed by atoms with E-state index in [1.54, 1.807) is 6.07 Å². The third-order valence-electron chi connectivity index (χ3n) is 5.57. The lowest BCUT2D eigenvalue weighted by molar-refractivity contribution is 0.0471. The lowest BCUT2D eigenvalue weighted by atomic mass is 9.84. The van der Waals surface area contributed by atoms with Crippen molar-refractivity contribution in [2.24, 2.45) is 0 Å². The number of Topliss-reactive ketones (excluding diaryl/α,β-unsaturated/α-hetero) is 1. The van der Waals surface area contributed by atoms with E-state index in [0.29, 0.717) is 23.0 Å². The Labute approximate surface area is 177 Å². The standard InChI is InChI=1S/C24H28O6/c1-27-21-14-23(29-3)22(28-2)13-19(21)24(26)30-15-20(25)18-11-9-17(10-12-18)16-7-5-4-6-8-16/h9-14,16H,4-8,15H2,1-3H3. The van der Waals surface area contributed by atoms with Gasteiger partial charge in [-0.3, -0.25) is 4.79 Å². The molecule has 0 unspecified atom stereocenters. The van der Waals surface area contributed by atoms with Crippen LogP contribution < -0.4 is 14.2 Å². The van der Waals surface area contributed by atoms with Gasteiger partial charge in [-0.1, -0.05) is 43.5 Å². The van der Waals surface area contributed by atoms with Crippen molar-refractivity contribution in [3.63, 3.8) is 0 Å². The minimum Gasteiger partial charge on any atom is -0.496 e. The Bertz CT molecular complexity index is 881. The number of ketones is 1. The zero-order valence-corrected chi connectivity index (χ0v) is 17.7. The maximum Gasteiger partial charge on any atom is 0.342 e. The summed E-state index contributed by atoms with van der Waals surface area (Å²) in [6.07, 6.45) is 6.25. The highest BCUT2D eigenvalue weighted by Gasteiger charge is 2.21. The molecule has 0 aliphatic heterocycles. The summed E-state index contributed by atoms with van der Waals surface area (Å²) in [5.41, 5.74) is 1.97. The highest BCUT2D eigenvalue weighted by atomic mass is 16.5. The number of benzene rings is 2. The van der Waals surface area contributed by atoms with E-state index in [-0.39, 0.29) is 23.7 Å². The van der Waals surface area contributed by atoms with E-state index >= 15 is 0 Å². The van der Waals surface area contributed by atoms with Crippen LogP contribution in [0.3, 0.4) is 0 Å². The van der Waals surface area contributed by atoms with Gasteiger partial charge in [-0.25, -0.2) is 4.79 Å². The summed E-state index contributed by atoms with van der Waals surface area (Å²) >= 11 is 0. The Balaban J connectivity index is 1.65. The first-order valence-corrected chi connectivity index (χ1v) is 10.2. The Kier molecular flexibility index (Phi) is 7.33. The van der Waals surface area contributed by atoms with Crippen LogP contribution in [0.4, 0.5) is 0 Å². The van der Waals surface area contributed by atoms with E-state index in [0.717, 1.165) is 0 Å². The molecule has 1 saturated carbocycles. The maximum atomic E-state index is 12.5. The third-order valence-corrected chi connectivity index (χ3v) is 5.57. The van der Waals surface area contributed by atoms with E-state index in [2.05, 4.69) is 0 Å². The molecule has 6 heteroatoms. The quantitative estimate of drug-likeness (QED) is 0.458.